The Morgan fingerprint density at radius 3 is 2.71 bits per heavy atom. The normalized spacial score (nSPS) is 18.3. The molecule has 3 heterocycles. The third-order valence-electron chi connectivity index (χ3n) is 7.74. The number of hydrogen-bond acceptors (Lipinski definition) is 8. The monoisotopic (exact) mass is 565 g/mol. The van der Waals surface area contributed by atoms with Gasteiger partial charge in [-0.3, -0.25) is 0 Å². The predicted molar refractivity (Wildman–Crippen MR) is 159 cm³/mol. The van der Waals surface area contributed by atoms with Crippen LogP contribution in [0.25, 0.3) is 10.8 Å². The summed E-state index contributed by atoms with van der Waals surface area (Å²) in [5, 5.41) is 12.6. The molecule has 8 nitrogen and oxygen atoms in total. The average molecular weight is 566 g/mol. The molecule has 0 bridgehead atoms. The summed E-state index contributed by atoms with van der Waals surface area (Å²) in [6, 6.07) is 26.3. The van der Waals surface area contributed by atoms with E-state index in [1.807, 2.05) is 36.6 Å². The van der Waals surface area contributed by atoms with Gasteiger partial charge in [-0.1, -0.05) is 84.6 Å². The standard InChI is InChI=1S/C32H31N5O3S/c1-41-31-34-29(27-14-15-28(40-30(27)35-31)26-13-7-11-23-10-5-6-12-25(23)26)36-18-19-37(24(20-36)16-17-33)32(38)39-21-22-8-3-2-4-9-22/h2-13,24,28H,14-16,18-21H2,1H3/t24-,28?/m0/s1. The number of hydrogen-bond donors (Lipinski definition) is 0. The number of ether oxygens (including phenoxy) is 2. The van der Waals surface area contributed by atoms with E-state index in [9.17, 15) is 10.1 Å². The first-order chi connectivity index (χ1) is 20.1. The van der Waals surface area contributed by atoms with Gasteiger partial charge in [0.1, 0.15) is 18.5 Å². The van der Waals surface area contributed by atoms with Crippen LogP contribution in [-0.4, -0.2) is 52.9 Å². The SMILES string of the molecule is CSc1nc2c(c(N3CCN(C(=O)OCc4ccccc4)[C@@H](CC#N)C3)n1)CCC(c1cccc3ccccc13)O2. The smallest absolute Gasteiger partial charge is 0.410 e. The van der Waals surface area contributed by atoms with Gasteiger partial charge in [0.05, 0.1) is 24.1 Å². The van der Waals surface area contributed by atoms with Crippen molar-refractivity contribution in [2.24, 2.45) is 0 Å². The number of carbonyl (C=O) groups excluding carboxylic acids is 1. The Bertz CT molecular complexity index is 1590. The molecule has 2 aliphatic rings. The maximum atomic E-state index is 13.0. The van der Waals surface area contributed by atoms with Crippen LogP contribution < -0.4 is 9.64 Å². The predicted octanol–water partition coefficient (Wildman–Crippen LogP) is 6.16. The Morgan fingerprint density at radius 1 is 1.07 bits per heavy atom. The third kappa shape index (κ3) is 5.66. The fourth-order valence-electron chi connectivity index (χ4n) is 5.69. The van der Waals surface area contributed by atoms with Crippen molar-refractivity contribution in [3.63, 3.8) is 0 Å². The summed E-state index contributed by atoms with van der Waals surface area (Å²) >= 11 is 1.47. The first-order valence-electron chi connectivity index (χ1n) is 13.8. The number of carbonyl (C=O) groups is 1. The molecule has 0 N–H and O–H groups in total. The highest BCUT2D eigenvalue weighted by molar-refractivity contribution is 7.98. The largest absolute Gasteiger partial charge is 0.469 e. The molecule has 1 fully saturated rings. The van der Waals surface area contributed by atoms with Gasteiger partial charge in [-0.25, -0.2) is 9.78 Å². The third-order valence-corrected chi connectivity index (χ3v) is 8.29. The number of nitrogens with zero attached hydrogens (tertiary/aromatic N) is 5. The Labute approximate surface area is 243 Å². The number of rotatable bonds is 6. The molecule has 0 saturated carbocycles. The minimum atomic E-state index is -0.399. The number of fused-ring (bicyclic) bond motifs is 2. The summed E-state index contributed by atoms with van der Waals surface area (Å²) in [6.45, 7) is 1.70. The Kier molecular flexibility index (Phi) is 7.92. The van der Waals surface area contributed by atoms with E-state index in [-0.39, 0.29) is 25.2 Å². The molecule has 1 unspecified atom stereocenters. The highest BCUT2D eigenvalue weighted by Crippen LogP contribution is 2.41. The van der Waals surface area contributed by atoms with Gasteiger partial charge < -0.3 is 19.3 Å². The molecule has 3 aromatic carbocycles. The molecule has 1 aromatic heterocycles. The number of piperazine rings is 1. The minimum absolute atomic E-state index is 0.103. The lowest BCUT2D eigenvalue weighted by molar-refractivity contribution is 0.0767. The maximum Gasteiger partial charge on any atom is 0.410 e. The van der Waals surface area contributed by atoms with Crippen LogP contribution in [0.3, 0.4) is 0 Å². The van der Waals surface area contributed by atoms with Crippen molar-refractivity contribution >= 4 is 34.4 Å². The molecule has 9 heteroatoms. The van der Waals surface area contributed by atoms with E-state index in [4.69, 9.17) is 19.4 Å². The van der Waals surface area contributed by atoms with E-state index in [0.29, 0.717) is 30.7 Å². The van der Waals surface area contributed by atoms with Crippen molar-refractivity contribution in [3.05, 3.63) is 89.5 Å². The fourth-order valence-corrected chi connectivity index (χ4v) is 6.04. The molecular formula is C32H31N5O3S. The van der Waals surface area contributed by atoms with Crippen molar-refractivity contribution in [2.45, 2.75) is 43.2 Å². The van der Waals surface area contributed by atoms with Crippen LogP contribution >= 0.6 is 11.8 Å². The molecule has 0 spiro atoms. The second kappa shape index (κ2) is 12.1. The van der Waals surface area contributed by atoms with Gasteiger partial charge in [0, 0.05) is 25.2 Å². The highest BCUT2D eigenvalue weighted by Gasteiger charge is 2.35. The lowest BCUT2D eigenvalue weighted by Gasteiger charge is -2.41. The van der Waals surface area contributed by atoms with Crippen LogP contribution in [0.2, 0.25) is 0 Å². The van der Waals surface area contributed by atoms with E-state index >= 15 is 0 Å². The molecule has 41 heavy (non-hydrogen) atoms. The summed E-state index contributed by atoms with van der Waals surface area (Å²) in [4.78, 5) is 26.5. The van der Waals surface area contributed by atoms with Gasteiger partial charge in [-0.05, 0) is 35.4 Å². The average Bonchev–Trinajstić information content (AvgIpc) is 3.03. The number of aromatic nitrogens is 2. The van der Waals surface area contributed by atoms with E-state index in [1.54, 1.807) is 4.90 Å². The maximum absolute atomic E-state index is 13.0. The molecular weight excluding hydrogens is 534 g/mol. The Balaban J connectivity index is 1.22. The van der Waals surface area contributed by atoms with E-state index in [2.05, 4.69) is 53.4 Å². The van der Waals surface area contributed by atoms with Crippen LogP contribution in [-0.2, 0) is 17.8 Å². The first kappa shape index (κ1) is 26.9. The zero-order valence-electron chi connectivity index (χ0n) is 22.9. The van der Waals surface area contributed by atoms with Gasteiger partial charge in [0.2, 0.25) is 5.88 Å². The highest BCUT2D eigenvalue weighted by atomic mass is 32.2. The number of nitriles is 1. The molecule has 4 aromatic rings. The summed E-state index contributed by atoms with van der Waals surface area (Å²) in [5.41, 5.74) is 3.07. The van der Waals surface area contributed by atoms with Crippen molar-refractivity contribution in [1.82, 2.24) is 14.9 Å². The molecule has 2 atom stereocenters. The quantitative estimate of drug-likeness (QED) is 0.203. The number of benzene rings is 3. The summed E-state index contributed by atoms with van der Waals surface area (Å²) in [5.74, 6) is 1.45. The zero-order valence-corrected chi connectivity index (χ0v) is 23.7. The summed E-state index contributed by atoms with van der Waals surface area (Å²) in [7, 11) is 0. The Morgan fingerprint density at radius 2 is 1.88 bits per heavy atom. The van der Waals surface area contributed by atoms with Crippen molar-refractivity contribution < 1.29 is 14.3 Å². The Hall–Kier alpha value is -4.29. The molecule has 1 amide bonds. The lowest BCUT2D eigenvalue weighted by Crippen LogP contribution is -2.55. The first-order valence-corrected chi connectivity index (χ1v) is 15.1. The van der Waals surface area contributed by atoms with Gasteiger partial charge >= 0.3 is 6.09 Å². The second-order valence-corrected chi connectivity index (χ2v) is 11.0. The molecule has 1 saturated heterocycles. The van der Waals surface area contributed by atoms with Crippen molar-refractivity contribution in [1.29, 1.82) is 5.26 Å². The van der Waals surface area contributed by atoms with Crippen LogP contribution in [0.4, 0.5) is 10.6 Å². The molecule has 0 radical (unpaired) electrons. The minimum Gasteiger partial charge on any atom is -0.469 e. The van der Waals surface area contributed by atoms with Crippen LogP contribution in [0, 0.1) is 11.3 Å². The van der Waals surface area contributed by atoms with Crippen LogP contribution in [0.1, 0.15) is 35.6 Å². The number of thioether (sulfide) groups is 1. The van der Waals surface area contributed by atoms with E-state index < -0.39 is 6.09 Å². The number of anilines is 1. The topological polar surface area (TPSA) is 91.6 Å². The van der Waals surface area contributed by atoms with Gasteiger partial charge in [-0.15, -0.1) is 0 Å². The molecule has 6 rings (SSSR count). The zero-order chi connectivity index (χ0) is 28.2. The number of amides is 1. The summed E-state index contributed by atoms with van der Waals surface area (Å²) < 4.78 is 12.2. The summed E-state index contributed by atoms with van der Waals surface area (Å²) in [6.07, 6.45) is 3.24. The van der Waals surface area contributed by atoms with Crippen LogP contribution in [0.15, 0.2) is 78.0 Å². The van der Waals surface area contributed by atoms with Gasteiger partial charge in [0.25, 0.3) is 0 Å². The van der Waals surface area contributed by atoms with Gasteiger partial charge in [0.15, 0.2) is 5.16 Å². The lowest BCUT2D eigenvalue weighted by atomic mass is 9.94. The fraction of sp³-hybridized carbons (Fsp3) is 0.312. The molecule has 208 valence electrons. The van der Waals surface area contributed by atoms with Gasteiger partial charge in [-0.2, -0.15) is 10.2 Å². The van der Waals surface area contributed by atoms with Crippen molar-refractivity contribution in [2.75, 3.05) is 30.8 Å². The van der Waals surface area contributed by atoms with Crippen LogP contribution in [0.5, 0.6) is 5.88 Å². The molecule has 2 aliphatic heterocycles. The van der Waals surface area contributed by atoms with E-state index in [1.165, 1.54) is 22.5 Å². The van der Waals surface area contributed by atoms with Crippen molar-refractivity contribution in [3.8, 4) is 11.9 Å². The molecule has 0 aliphatic carbocycles. The second-order valence-electron chi connectivity index (χ2n) is 10.2. The van der Waals surface area contributed by atoms with E-state index in [0.717, 1.165) is 35.3 Å².